The van der Waals surface area contributed by atoms with Crippen molar-refractivity contribution >= 4 is 5.65 Å². The third-order valence-electron chi connectivity index (χ3n) is 5.56. The molecule has 8 heteroatoms. The molecule has 0 spiro atoms. The Kier molecular flexibility index (Phi) is 4.04. The van der Waals surface area contributed by atoms with Gasteiger partial charge in [0.25, 0.3) is 0 Å². The van der Waals surface area contributed by atoms with Crippen molar-refractivity contribution < 1.29 is 14.6 Å². The monoisotopic (exact) mass is 423 g/mol. The Morgan fingerprint density at radius 3 is 2.75 bits per heavy atom. The zero-order valence-corrected chi connectivity index (χ0v) is 17.0. The lowest BCUT2D eigenvalue weighted by atomic mass is 9.84. The summed E-state index contributed by atoms with van der Waals surface area (Å²) < 4.78 is 13.0. The van der Waals surface area contributed by atoms with Gasteiger partial charge in [-0.2, -0.15) is 0 Å². The van der Waals surface area contributed by atoms with E-state index in [2.05, 4.69) is 15.1 Å². The first-order valence-corrected chi connectivity index (χ1v) is 10.0. The van der Waals surface area contributed by atoms with Crippen molar-refractivity contribution in [2.75, 3.05) is 7.11 Å². The van der Waals surface area contributed by atoms with Crippen LogP contribution in [0.3, 0.4) is 0 Å². The topological polar surface area (TPSA) is 94.7 Å². The van der Waals surface area contributed by atoms with Gasteiger partial charge >= 0.3 is 0 Å². The fourth-order valence-corrected chi connectivity index (χ4v) is 4.06. The summed E-state index contributed by atoms with van der Waals surface area (Å²) in [5.74, 6) is 2.22. The van der Waals surface area contributed by atoms with Crippen LogP contribution in [0.15, 0.2) is 73.3 Å². The highest BCUT2D eigenvalue weighted by Crippen LogP contribution is 2.48. The van der Waals surface area contributed by atoms with Crippen LogP contribution in [0.4, 0.5) is 0 Å². The van der Waals surface area contributed by atoms with Gasteiger partial charge in [-0.25, -0.2) is 14.5 Å². The van der Waals surface area contributed by atoms with E-state index in [0.717, 1.165) is 28.0 Å². The van der Waals surface area contributed by atoms with E-state index in [1.165, 1.54) is 0 Å². The number of phenols is 1. The lowest BCUT2D eigenvalue weighted by Gasteiger charge is -2.27. The molecule has 156 valence electrons. The van der Waals surface area contributed by atoms with Crippen LogP contribution in [0.2, 0.25) is 0 Å². The van der Waals surface area contributed by atoms with E-state index < -0.39 is 0 Å². The number of benzene rings is 2. The van der Waals surface area contributed by atoms with Crippen LogP contribution in [0.5, 0.6) is 23.1 Å². The van der Waals surface area contributed by atoms with Crippen LogP contribution in [-0.2, 0) is 0 Å². The summed E-state index contributed by atoms with van der Waals surface area (Å²) in [5.41, 5.74) is 4.17. The smallest absolute Gasteiger partial charge is 0.228 e. The number of ether oxygens (including phenoxy) is 2. The molecule has 0 radical (unpaired) electrons. The maximum atomic E-state index is 9.98. The summed E-state index contributed by atoms with van der Waals surface area (Å²) in [4.78, 5) is 13.6. The number of hydrogen-bond acceptors (Lipinski definition) is 7. The minimum Gasteiger partial charge on any atom is -0.508 e. The minimum absolute atomic E-state index is 0.127. The van der Waals surface area contributed by atoms with Gasteiger partial charge in [0.2, 0.25) is 5.88 Å². The van der Waals surface area contributed by atoms with E-state index in [-0.39, 0.29) is 11.7 Å². The number of methoxy groups -OCH3 is 1. The molecule has 2 aromatic carbocycles. The Morgan fingerprint density at radius 1 is 1.09 bits per heavy atom. The molecule has 0 amide bonds. The van der Waals surface area contributed by atoms with E-state index in [0.29, 0.717) is 23.1 Å². The SMILES string of the molecule is COc1ccc(-c2nc3c4c(ncn3n2)Oc2cc(O)ccc2C4c2cccnc2)cc1. The van der Waals surface area contributed by atoms with Gasteiger partial charge in [0.1, 0.15) is 23.6 Å². The normalized spacial score (nSPS) is 14.5. The number of pyridine rings is 1. The molecule has 6 rings (SSSR count). The molecular formula is C24H17N5O3. The highest BCUT2D eigenvalue weighted by atomic mass is 16.5. The highest BCUT2D eigenvalue weighted by Gasteiger charge is 2.33. The van der Waals surface area contributed by atoms with Crippen molar-refractivity contribution in [2.45, 2.75) is 5.92 Å². The quantitative estimate of drug-likeness (QED) is 0.456. The van der Waals surface area contributed by atoms with E-state index in [4.69, 9.17) is 14.5 Å². The van der Waals surface area contributed by atoms with Gasteiger partial charge in [-0.05, 0) is 42.0 Å². The number of hydrogen-bond donors (Lipinski definition) is 1. The Morgan fingerprint density at radius 2 is 1.97 bits per heavy atom. The standard InChI is InChI=1S/C24H17N5O3/c1-31-17-7-4-14(5-8-17)22-27-23-21-20(15-3-2-10-25-12-15)18-9-6-16(30)11-19(18)32-24(21)26-13-29(23)28-22/h2-13,20,30H,1H3. The molecule has 0 fully saturated rings. The molecule has 0 aliphatic carbocycles. The van der Waals surface area contributed by atoms with Gasteiger partial charge in [0.05, 0.1) is 12.7 Å². The molecule has 4 heterocycles. The average molecular weight is 423 g/mol. The van der Waals surface area contributed by atoms with Crippen molar-refractivity contribution in [1.29, 1.82) is 0 Å². The minimum atomic E-state index is -0.229. The molecule has 0 saturated carbocycles. The molecule has 32 heavy (non-hydrogen) atoms. The third-order valence-corrected chi connectivity index (χ3v) is 5.56. The lowest BCUT2D eigenvalue weighted by Crippen LogP contribution is -2.15. The Bertz CT molecular complexity index is 1450. The predicted molar refractivity (Wildman–Crippen MR) is 116 cm³/mol. The number of nitrogens with zero attached hydrogens (tertiary/aromatic N) is 5. The Labute approximate surface area is 182 Å². The van der Waals surface area contributed by atoms with Crippen molar-refractivity contribution in [3.05, 3.63) is 90.0 Å². The number of aromatic nitrogens is 5. The average Bonchev–Trinajstić information content (AvgIpc) is 3.28. The predicted octanol–water partition coefficient (Wildman–Crippen LogP) is 4.19. The van der Waals surface area contributed by atoms with E-state index in [1.807, 2.05) is 48.7 Å². The molecule has 8 nitrogen and oxygen atoms in total. The Balaban J connectivity index is 1.57. The fourth-order valence-electron chi connectivity index (χ4n) is 4.06. The summed E-state index contributed by atoms with van der Waals surface area (Å²) in [5, 5.41) is 14.6. The van der Waals surface area contributed by atoms with Gasteiger partial charge in [-0.3, -0.25) is 4.98 Å². The zero-order valence-electron chi connectivity index (χ0n) is 17.0. The van der Waals surface area contributed by atoms with Crippen molar-refractivity contribution in [3.63, 3.8) is 0 Å². The molecule has 0 bridgehead atoms. The number of aromatic hydroxyl groups is 1. The molecular weight excluding hydrogens is 406 g/mol. The second-order valence-corrected chi connectivity index (χ2v) is 7.44. The van der Waals surface area contributed by atoms with Gasteiger partial charge in [0, 0.05) is 35.5 Å². The number of rotatable bonds is 3. The molecule has 3 aromatic heterocycles. The maximum Gasteiger partial charge on any atom is 0.228 e. The fraction of sp³-hybridized carbons (Fsp3) is 0.0833. The van der Waals surface area contributed by atoms with Crippen molar-refractivity contribution in [3.8, 4) is 34.5 Å². The molecule has 1 unspecified atom stereocenters. The molecule has 0 saturated heterocycles. The van der Waals surface area contributed by atoms with Crippen molar-refractivity contribution in [1.82, 2.24) is 24.6 Å². The van der Waals surface area contributed by atoms with Gasteiger partial charge in [-0.1, -0.05) is 12.1 Å². The molecule has 1 N–H and O–H groups in total. The second kappa shape index (κ2) is 7.05. The summed E-state index contributed by atoms with van der Waals surface area (Å²) in [6.45, 7) is 0. The van der Waals surface area contributed by atoms with E-state index in [1.54, 1.807) is 36.3 Å². The summed E-state index contributed by atoms with van der Waals surface area (Å²) >= 11 is 0. The zero-order chi connectivity index (χ0) is 21.7. The van der Waals surface area contributed by atoms with E-state index in [9.17, 15) is 5.11 Å². The number of phenolic OH excluding ortho intramolecular Hbond substituents is 1. The van der Waals surface area contributed by atoms with Crippen LogP contribution >= 0.6 is 0 Å². The lowest BCUT2D eigenvalue weighted by molar-refractivity contribution is 0.415. The summed E-state index contributed by atoms with van der Waals surface area (Å²) in [6.07, 6.45) is 5.14. The van der Waals surface area contributed by atoms with Gasteiger partial charge < -0.3 is 14.6 Å². The third kappa shape index (κ3) is 2.84. The van der Waals surface area contributed by atoms with E-state index >= 15 is 0 Å². The first-order chi connectivity index (χ1) is 15.7. The highest BCUT2D eigenvalue weighted by molar-refractivity contribution is 5.68. The summed E-state index contributed by atoms with van der Waals surface area (Å²) in [6, 6.07) is 16.6. The first kappa shape index (κ1) is 18.3. The Hall–Kier alpha value is -4.46. The summed E-state index contributed by atoms with van der Waals surface area (Å²) in [7, 11) is 1.63. The van der Waals surface area contributed by atoms with Crippen LogP contribution < -0.4 is 9.47 Å². The first-order valence-electron chi connectivity index (χ1n) is 10.0. The number of fused-ring (bicyclic) bond motifs is 4. The van der Waals surface area contributed by atoms with Crippen LogP contribution in [0.1, 0.15) is 22.6 Å². The maximum absolute atomic E-state index is 9.98. The van der Waals surface area contributed by atoms with Crippen LogP contribution in [-0.4, -0.2) is 36.8 Å². The largest absolute Gasteiger partial charge is 0.508 e. The van der Waals surface area contributed by atoms with Crippen LogP contribution in [0, 0.1) is 0 Å². The second-order valence-electron chi connectivity index (χ2n) is 7.44. The molecule has 1 atom stereocenters. The van der Waals surface area contributed by atoms with Gasteiger partial charge in [-0.15, -0.1) is 5.10 Å². The van der Waals surface area contributed by atoms with Crippen molar-refractivity contribution in [2.24, 2.45) is 0 Å². The van der Waals surface area contributed by atoms with Crippen LogP contribution in [0.25, 0.3) is 17.0 Å². The van der Waals surface area contributed by atoms with Gasteiger partial charge in [0.15, 0.2) is 11.5 Å². The molecule has 1 aliphatic heterocycles. The molecule has 5 aromatic rings. The molecule has 1 aliphatic rings.